The normalized spacial score (nSPS) is 15.8. The Balaban J connectivity index is 1.62. The number of thiazole rings is 1. The van der Waals surface area contributed by atoms with E-state index >= 15 is 0 Å². The van der Waals surface area contributed by atoms with Crippen LogP contribution in [0.2, 0.25) is 0 Å². The van der Waals surface area contributed by atoms with Gasteiger partial charge in [0.05, 0.1) is 28.3 Å². The van der Waals surface area contributed by atoms with Crippen LogP contribution in [0.25, 0.3) is 0 Å². The standard InChI is InChI=1S/C19H22N2O5S2/c1-19(2)10-14-17(15(22)11-19)27-18(20-14)21-16(23)8-9-28(24,25)13-6-4-12(26-3)5-7-13/h4-7H,8-11H2,1-3H3,(H,20,21,23). The summed E-state index contributed by atoms with van der Waals surface area (Å²) in [5.41, 5.74) is 0.554. The van der Waals surface area contributed by atoms with E-state index in [9.17, 15) is 18.0 Å². The van der Waals surface area contributed by atoms with Crippen molar-refractivity contribution in [2.45, 2.75) is 38.0 Å². The van der Waals surface area contributed by atoms with Gasteiger partial charge in [-0.25, -0.2) is 13.4 Å². The largest absolute Gasteiger partial charge is 0.497 e. The number of fused-ring (bicyclic) bond motifs is 1. The smallest absolute Gasteiger partial charge is 0.227 e. The minimum atomic E-state index is -3.59. The Hall–Kier alpha value is -2.26. The number of methoxy groups -OCH3 is 1. The van der Waals surface area contributed by atoms with Gasteiger partial charge in [0, 0.05) is 12.8 Å². The molecule has 0 saturated heterocycles. The SMILES string of the molecule is COc1ccc(S(=O)(=O)CCC(=O)Nc2nc3c(s2)C(=O)CC(C)(C)C3)cc1. The number of carbonyl (C=O) groups excluding carboxylic acids is 2. The zero-order valence-electron chi connectivity index (χ0n) is 15.9. The topological polar surface area (TPSA) is 102 Å². The fraction of sp³-hybridized carbons (Fsp3) is 0.421. The quantitative estimate of drug-likeness (QED) is 0.767. The van der Waals surface area contributed by atoms with Crippen LogP contribution >= 0.6 is 11.3 Å². The summed E-state index contributed by atoms with van der Waals surface area (Å²) in [6.45, 7) is 4.02. The van der Waals surface area contributed by atoms with Gasteiger partial charge >= 0.3 is 0 Å². The number of nitrogens with zero attached hydrogens (tertiary/aromatic N) is 1. The number of benzene rings is 1. The van der Waals surface area contributed by atoms with Crippen molar-refractivity contribution in [3.8, 4) is 5.75 Å². The van der Waals surface area contributed by atoms with Crippen molar-refractivity contribution < 1.29 is 22.7 Å². The summed E-state index contributed by atoms with van der Waals surface area (Å²) >= 11 is 1.15. The third kappa shape index (κ3) is 4.59. The van der Waals surface area contributed by atoms with Crippen LogP contribution in [-0.4, -0.2) is 38.0 Å². The maximum Gasteiger partial charge on any atom is 0.227 e. The molecule has 0 saturated carbocycles. The molecule has 0 radical (unpaired) electrons. The van der Waals surface area contributed by atoms with Crippen LogP contribution in [0.15, 0.2) is 29.2 Å². The molecule has 2 aromatic rings. The zero-order valence-corrected chi connectivity index (χ0v) is 17.6. The van der Waals surface area contributed by atoms with E-state index in [-0.39, 0.29) is 28.3 Å². The molecule has 1 aliphatic rings. The van der Waals surface area contributed by atoms with Crippen molar-refractivity contribution in [3.05, 3.63) is 34.8 Å². The second kappa shape index (κ2) is 7.63. The van der Waals surface area contributed by atoms with Crippen molar-refractivity contribution in [1.82, 2.24) is 4.98 Å². The van der Waals surface area contributed by atoms with Crippen molar-refractivity contribution in [1.29, 1.82) is 0 Å². The summed E-state index contributed by atoms with van der Waals surface area (Å²) < 4.78 is 29.8. The van der Waals surface area contributed by atoms with Crippen LogP contribution in [0.4, 0.5) is 5.13 Å². The number of anilines is 1. The number of ether oxygens (including phenoxy) is 1. The fourth-order valence-electron chi connectivity index (χ4n) is 3.08. The summed E-state index contributed by atoms with van der Waals surface area (Å²) in [5, 5.41) is 2.96. The van der Waals surface area contributed by atoms with Gasteiger partial charge in [0.25, 0.3) is 0 Å². The van der Waals surface area contributed by atoms with Crippen molar-refractivity contribution in [2.24, 2.45) is 5.41 Å². The summed E-state index contributed by atoms with van der Waals surface area (Å²) in [6.07, 6.45) is 0.931. The van der Waals surface area contributed by atoms with E-state index in [1.54, 1.807) is 12.1 Å². The second-order valence-corrected chi connectivity index (χ2v) is 10.6. The van der Waals surface area contributed by atoms with Gasteiger partial charge < -0.3 is 10.1 Å². The molecule has 0 bridgehead atoms. The Kier molecular flexibility index (Phi) is 5.58. The summed E-state index contributed by atoms with van der Waals surface area (Å²) in [6, 6.07) is 6.03. The van der Waals surface area contributed by atoms with Crippen LogP contribution in [0.3, 0.4) is 0 Å². The average molecular weight is 423 g/mol. The van der Waals surface area contributed by atoms with E-state index in [2.05, 4.69) is 10.3 Å². The highest BCUT2D eigenvalue weighted by Crippen LogP contribution is 2.38. The second-order valence-electron chi connectivity index (χ2n) is 7.53. The lowest BCUT2D eigenvalue weighted by atomic mass is 9.78. The van der Waals surface area contributed by atoms with Crippen molar-refractivity contribution in [3.63, 3.8) is 0 Å². The Morgan fingerprint density at radius 2 is 1.93 bits per heavy atom. The number of nitrogens with one attached hydrogen (secondary N) is 1. The van der Waals surface area contributed by atoms with Crippen LogP contribution < -0.4 is 10.1 Å². The molecule has 28 heavy (non-hydrogen) atoms. The number of sulfone groups is 1. The molecule has 0 spiro atoms. The Morgan fingerprint density at radius 3 is 2.57 bits per heavy atom. The Morgan fingerprint density at radius 1 is 1.25 bits per heavy atom. The van der Waals surface area contributed by atoms with Crippen LogP contribution in [0.5, 0.6) is 5.75 Å². The average Bonchev–Trinajstić information content (AvgIpc) is 3.01. The van der Waals surface area contributed by atoms with E-state index in [0.29, 0.717) is 34.3 Å². The van der Waals surface area contributed by atoms with Gasteiger partial charge in [-0.3, -0.25) is 9.59 Å². The molecule has 9 heteroatoms. The first-order valence-electron chi connectivity index (χ1n) is 8.79. The fourth-order valence-corrected chi connectivity index (χ4v) is 5.26. The van der Waals surface area contributed by atoms with Gasteiger partial charge in [-0.05, 0) is 36.1 Å². The van der Waals surface area contributed by atoms with Gasteiger partial charge in [0.2, 0.25) is 5.91 Å². The number of aromatic nitrogens is 1. The molecule has 0 atom stereocenters. The van der Waals surface area contributed by atoms with Crippen molar-refractivity contribution in [2.75, 3.05) is 18.2 Å². The maximum absolute atomic E-state index is 12.4. The lowest BCUT2D eigenvalue weighted by molar-refractivity contribution is -0.115. The van der Waals surface area contributed by atoms with Gasteiger partial charge in [-0.2, -0.15) is 0 Å². The summed E-state index contributed by atoms with van der Waals surface area (Å²) in [7, 11) is -2.09. The van der Waals surface area contributed by atoms with Gasteiger partial charge in [-0.15, -0.1) is 0 Å². The lowest BCUT2D eigenvalue weighted by Gasteiger charge is -2.26. The van der Waals surface area contributed by atoms with E-state index in [1.807, 2.05) is 13.8 Å². The molecule has 0 aliphatic heterocycles. The highest BCUT2D eigenvalue weighted by atomic mass is 32.2. The number of carbonyl (C=O) groups is 2. The molecule has 0 unspecified atom stereocenters. The highest BCUT2D eigenvalue weighted by molar-refractivity contribution is 7.91. The first-order chi connectivity index (χ1) is 13.1. The van der Waals surface area contributed by atoms with Crippen LogP contribution in [0, 0.1) is 5.41 Å². The third-order valence-electron chi connectivity index (χ3n) is 4.50. The number of ketones is 1. The number of hydrogen-bond donors (Lipinski definition) is 1. The van der Waals surface area contributed by atoms with Gasteiger partial charge in [-0.1, -0.05) is 25.2 Å². The number of rotatable bonds is 6. The Bertz CT molecular complexity index is 1010. The first kappa shape index (κ1) is 20.5. The molecule has 7 nitrogen and oxygen atoms in total. The predicted molar refractivity (Wildman–Crippen MR) is 107 cm³/mol. The highest BCUT2D eigenvalue weighted by Gasteiger charge is 2.34. The van der Waals surface area contributed by atoms with E-state index in [0.717, 1.165) is 11.3 Å². The Labute approximate surface area is 168 Å². The molecule has 1 aromatic carbocycles. The molecule has 1 aliphatic carbocycles. The molecule has 1 N–H and O–H groups in total. The molecule has 3 rings (SSSR count). The minimum absolute atomic E-state index is 0.0336. The minimum Gasteiger partial charge on any atom is -0.497 e. The van der Waals surface area contributed by atoms with Gasteiger partial charge in [0.15, 0.2) is 20.8 Å². The third-order valence-corrected chi connectivity index (χ3v) is 7.28. The summed E-state index contributed by atoms with van der Waals surface area (Å²) in [5.74, 6) is -0.175. The zero-order chi connectivity index (χ0) is 20.5. The van der Waals surface area contributed by atoms with Crippen LogP contribution in [0.1, 0.15) is 42.1 Å². The molecule has 0 fully saturated rings. The molecule has 1 heterocycles. The molecular weight excluding hydrogens is 400 g/mol. The molecule has 1 aromatic heterocycles. The number of Topliss-reactive ketones (excluding diaryl/α,β-unsaturated/α-hetero) is 1. The number of hydrogen-bond acceptors (Lipinski definition) is 7. The molecular formula is C19H22N2O5S2. The number of amides is 1. The van der Waals surface area contributed by atoms with Gasteiger partial charge in [0.1, 0.15) is 5.75 Å². The molecule has 1 amide bonds. The van der Waals surface area contributed by atoms with Crippen molar-refractivity contribution >= 4 is 38.0 Å². The molecule has 150 valence electrons. The predicted octanol–water partition coefficient (Wildman–Crippen LogP) is 3.11. The van der Waals surface area contributed by atoms with E-state index in [1.165, 1.54) is 19.2 Å². The van der Waals surface area contributed by atoms with E-state index < -0.39 is 15.7 Å². The lowest BCUT2D eigenvalue weighted by Crippen LogP contribution is -2.26. The summed E-state index contributed by atoms with van der Waals surface area (Å²) in [4.78, 5) is 29.5. The monoisotopic (exact) mass is 422 g/mol. The first-order valence-corrected chi connectivity index (χ1v) is 11.3. The van der Waals surface area contributed by atoms with E-state index in [4.69, 9.17) is 4.74 Å². The van der Waals surface area contributed by atoms with Crippen LogP contribution in [-0.2, 0) is 21.1 Å². The maximum atomic E-state index is 12.4.